The molecule has 0 spiro atoms. The highest BCUT2D eigenvalue weighted by Crippen LogP contribution is 2.27. The van der Waals surface area contributed by atoms with Crippen LogP contribution in [0.4, 0.5) is 5.95 Å². The van der Waals surface area contributed by atoms with Gasteiger partial charge in [0.05, 0.1) is 5.75 Å². The topological polar surface area (TPSA) is 71.2 Å². The quantitative estimate of drug-likeness (QED) is 0.769. The number of hydrogen-bond acceptors (Lipinski definition) is 6. The van der Waals surface area contributed by atoms with Crippen LogP contribution in [-0.2, 0) is 11.3 Å². The number of hydrogen-bond donors (Lipinski definition) is 1. The van der Waals surface area contributed by atoms with E-state index in [9.17, 15) is 4.79 Å². The summed E-state index contributed by atoms with van der Waals surface area (Å²) >= 11 is 3.20. The van der Waals surface area contributed by atoms with E-state index in [0.29, 0.717) is 11.2 Å². The molecule has 0 aromatic carbocycles. The number of carboxylic acids is 1. The molecule has 0 bridgehead atoms. The number of carbonyl (C=O) groups is 1. The minimum absolute atomic E-state index is 0.0187. The van der Waals surface area contributed by atoms with E-state index in [1.807, 2.05) is 16.3 Å². The second-order valence-corrected chi connectivity index (χ2v) is 6.84. The van der Waals surface area contributed by atoms with Gasteiger partial charge in [0.1, 0.15) is 0 Å². The van der Waals surface area contributed by atoms with Crippen molar-refractivity contribution >= 4 is 35.4 Å². The van der Waals surface area contributed by atoms with Crippen LogP contribution in [0.15, 0.2) is 5.16 Å². The van der Waals surface area contributed by atoms with E-state index in [1.165, 1.54) is 17.5 Å². The lowest BCUT2D eigenvalue weighted by atomic mass is 10.2. The minimum Gasteiger partial charge on any atom is -0.481 e. The molecule has 0 saturated carbocycles. The van der Waals surface area contributed by atoms with Crippen LogP contribution in [0.5, 0.6) is 0 Å². The van der Waals surface area contributed by atoms with Crippen molar-refractivity contribution in [2.75, 3.05) is 29.2 Å². The predicted octanol–water partition coefficient (Wildman–Crippen LogP) is 1.81. The second-order valence-electron chi connectivity index (χ2n) is 4.74. The van der Waals surface area contributed by atoms with Gasteiger partial charge in [-0.2, -0.15) is 11.8 Å². The van der Waals surface area contributed by atoms with Crippen LogP contribution < -0.4 is 4.90 Å². The first kappa shape index (κ1) is 15.5. The van der Waals surface area contributed by atoms with Gasteiger partial charge >= 0.3 is 5.97 Å². The summed E-state index contributed by atoms with van der Waals surface area (Å²) < 4.78 is 2.04. The zero-order valence-corrected chi connectivity index (χ0v) is 13.4. The lowest BCUT2D eigenvalue weighted by Crippen LogP contribution is -2.33. The van der Waals surface area contributed by atoms with Gasteiger partial charge < -0.3 is 10.0 Å². The zero-order chi connectivity index (χ0) is 14.5. The number of anilines is 1. The van der Waals surface area contributed by atoms with Crippen molar-refractivity contribution in [2.24, 2.45) is 0 Å². The average molecular weight is 316 g/mol. The lowest BCUT2D eigenvalue weighted by Gasteiger charge is -2.25. The first-order valence-corrected chi connectivity index (χ1v) is 8.86. The van der Waals surface area contributed by atoms with Crippen LogP contribution >= 0.6 is 23.5 Å². The summed E-state index contributed by atoms with van der Waals surface area (Å²) in [7, 11) is 2.05. The summed E-state index contributed by atoms with van der Waals surface area (Å²) in [6.45, 7) is 2.91. The van der Waals surface area contributed by atoms with Crippen molar-refractivity contribution in [2.45, 2.75) is 37.5 Å². The van der Waals surface area contributed by atoms with Crippen LogP contribution in [0.2, 0.25) is 0 Å². The maximum atomic E-state index is 10.7. The Kier molecular flexibility index (Phi) is 5.59. The summed E-state index contributed by atoms with van der Waals surface area (Å²) in [6, 6.07) is 0.497. The predicted molar refractivity (Wildman–Crippen MR) is 82.8 cm³/mol. The van der Waals surface area contributed by atoms with E-state index >= 15 is 0 Å². The monoisotopic (exact) mass is 316 g/mol. The van der Waals surface area contributed by atoms with Gasteiger partial charge in [-0.05, 0) is 18.6 Å². The molecule has 0 aliphatic carbocycles. The van der Waals surface area contributed by atoms with Gasteiger partial charge in [0, 0.05) is 25.4 Å². The molecule has 1 saturated heterocycles. The SMILES string of the molecule is CCCn1c(SCC(=O)O)nnc1N(C)C1CCSC1. The van der Waals surface area contributed by atoms with Crippen molar-refractivity contribution in [1.29, 1.82) is 0 Å². The molecule has 2 rings (SSSR count). The Morgan fingerprint density at radius 3 is 3.00 bits per heavy atom. The van der Waals surface area contributed by atoms with E-state index in [0.717, 1.165) is 31.1 Å². The number of aliphatic carboxylic acids is 1. The van der Waals surface area contributed by atoms with Crippen molar-refractivity contribution in [3.8, 4) is 0 Å². The second kappa shape index (κ2) is 7.21. The fourth-order valence-electron chi connectivity index (χ4n) is 2.19. The van der Waals surface area contributed by atoms with Gasteiger partial charge in [-0.3, -0.25) is 9.36 Å². The van der Waals surface area contributed by atoms with Crippen molar-refractivity contribution < 1.29 is 9.90 Å². The molecule has 2 heterocycles. The van der Waals surface area contributed by atoms with Crippen molar-refractivity contribution in [3.63, 3.8) is 0 Å². The molecule has 1 aliphatic rings. The number of thioether (sulfide) groups is 2. The highest BCUT2D eigenvalue weighted by molar-refractivity contribution is 7.99. The van der Waals surface area contributed by atoms with Crippen LogP contribution in [0.3, 0.4) is 0 Å². The molecule has 1 aromatic rings. The molecule has 1 N–H and O–H groups in total. The standard InChI is InChI=1S/C12H20N4O2S2/c1-3-5-16-11(15(2)9-4-6-19-7-9)13-14-12(16)20-8-10(17)18/h9H,3-8H2,1-2H3,(H,17,18). The Labute approximate surface area is 127 Å². The van der Waals surface area contributed by atoms with Gasteiger partial charge in [0.25, 0.3) is 0 Å². The third-order valence-electron chi connectivity index (χ3n) is 3.24. The Balaban J connectivity index is 2.16. The first-order valence-electron chi connectivity index (χ1n) is 6.71. The summed E-state index contributed by atoms with van der Waals surface area (Å²) in [5.41, 5.74) is 0. The zero-order valence-electron chi connectivity index (χ0n) is 11.8. The van der Waals surface area contributed by atoms with Crippen LogP contribution in [0.1, 0.15) is 19.8 Å². The fraction of sp³-hybridized carbons (Fsp3) is 0.750. The lowest BCUT2D eigenvalue weighted by molar-refractivity contribution is -0.133. The van der Waals surface area contributed by atoms with E-state index in [-0.39, 0.29) is 5.75 Å². The number of rotatable bonds is 7. The largest absolute Gasteiger partial charge is 0.481 e. The molecular weight excluding hydrogens is 296 g/mol. The molecule has 6 nitrogen and oxygen atoms in total. The fourth-order valence-corrected chi connectivity index (χ4v) is 4.13. The van der Waals surface area contributed by atoms with E-state index in [2.05, 4.69) is 29.1 Å². The van der Waals surface area contributed by atoms with E-state index in [1.54, 1.807) is 0 Å². The van der Waals surface area contributed by atoms with Crippen molar-refractivity contribution in [3.05, 3.63) is 0 Å². The Hall–Kier alpha value is -0.890. The molecule has 112 valence electrons. The summed E-state index contributed by atoms with van der Waals surface area (Å²) in [5, 5.41) is 17.9. The van der Waals surface area contributed by atoms with Crippen LogP contribution in [0, 0.1) is 0 Å². The Bertz CT molecular complexity index is 460. The van der Waals surface area contributed by atoms with Gasteiger partial charge in [-0.25, -0.2) is 0 Å². The van der Waals surface area contributed by atoms with Gasteiger partial charge in [0.2, 0.25) is 5.95 Å². The molecule has 1 unspecified atom stereocenters. The van der Waals surface area contributed by atoms with E-state index in [4.69, 9.17) is 5.11 Å². The highest BCUT2D eigenvalue weighted by atomic mass is 32.2. The highest BCUT2D eigenvalue weighted by Gasteiger charge is 2.25. The molecule has 0 amide bonds. The molecular formula is C12H20N4O2S2. The number of aromatic nitrogens is 3. The smallest absolute Gasteiger partial charge is 0.313 e. The molecule has 8 heteroatoms. The minimum atomic E-state index is -0.830. The number of nitrogens with zero attached hydrogens (tertiary/aromatic N) is 4. The first-order chi connectivity index (χ1) is 9.63. The molecule has 1 aliphatic heterocycles. The summed E-state index contributed by atoms with van der Waals surface area (Å²) in [6.07, 6.45) is 2.14. The van der Waals surface area contributed by atoms with Crippen LogP contribution in [-0.4, -0.2) is 56.2 Å². The van der Waals surface area contributed by atoms with Gasteiger partial charge in [0.15, 0.2) is 5.16 Å². The Morgan fingerprint density at radius 1 is 1.60 bits per heavy atom. The molecule has 0 radical (unpaired) electrons. The maximum Gasteiger partial charge on any atom is 0.313 e. The van der Waals surface area contributed by atoms with Crippen LogP contribution in [0.25, 0.3) is 0 Å². The number of carboxylic acid groups (broad SMARTS) is 1. The maximum absolute atomic E-state index is 10.7. The molecule has 1 fully saturated rings. The molecule has 1 atom stereocenters. The molecule has 20 heavy (non-hydrogen) atoms. The molecule has 1 aromatic heterocycles. The summed E-state index contributed by atoms with van der Waals surface area (Å²) in [4.78, 5) is 12.9. The average Bonchev–Trinajstić information content (AvgIpc) is 3.06. The third-order valence-corrected chi connectivity index (χ3v) is 5.33. The normalized spacial score (nSPS) is 18.4. The van der Waals surface area contributed by atoms with Gasteiger partial charge in [-0.15, -0.1) is 10.2 Å². The van der Waals surface area contributed by atoms with Crippen molar-refractivity contribution in [1.82, 2.24) is 14.8 Å². The summed E-state index contributed by atoms with van der Waals surface area (Å²) in [5.74, 6) is 2.35. The third kappa shape index (κ3) is 3.60. The van der Waals surface area contributed by atoms with E-state index < -0.39 is 5.97 Å². The Morgan fingerprint density at radius 2 is 2.40 bits per heavy atom. The van der Waals surface area contributed by atoms with Gasteiger partial charge in [-0.1, -0.05) is 18.7 Å².